The van der Waals surface area contributed by atoms with Crippen LogP contribution in [0.15, 0.2) is 0 Å². The number of halogens is 8. The third kappa shape index (κ3) is 3.37. The number of nitrogens with two attached hydrogens (primary N) is 2. The summed E-state index contributed by atoms with van der Waals surface area (Å²) in [5.74, 6) is 0. The Morgan fingerprint density at radius 2 is 0.652 bits per heavy atom. The van der Waals surface area contributed by atoms with Crippen LogP contribution >= 0.6 is 92.8 Å². The van der Waals surface area contributed by atoms with Crippen molar-refractivity contribution in [1.29, 1.82) is 0 Å². The van der Waals surface area contributed by atoms with E-state index in [-0.39, 0.29) is 68.2 Å². The standard InChI is InChI=1S/C12H4Cl8N2.H2O/c13-3-2(6(16)11(21)10(20)7(3)17)1-4(14)8(18)12(22)9(19)5(1)15;/h21-22H2;1H2. The summed E-state index contributed by atoms with van der Waals surface area (Å²) < 4.78 is 0. The largest absolute Gasteiger partial charge is 0.412 e. The molecular formula is C12H6Cl8N2O. The highest BCUT2D eigenvalue weighted by Crippen LogP contribution is 2.54. The molecule has 0 aliphatic rings. The predicted octanol–water partition coefficient (Wildman–Crippen LogP) is 6.92. The van der Waals surface area contributed by atoms with Crippen molar-refractivity contribution < 1.29 is 5.48 Å². The highest BCUT2D eigenvalue weighted by atomic mass is 35.5. The molecule has 0 radical (unpaired) electrons. The maximum Gasteiger partial charge on any atom is 0.0852 e. The van der Waals surface area contributed by atoms with Gasteiger partial charge in [0.1, 0.15) is 0 Å². The van der Waals surface area contributed by atoms with Gasteiger partial charge in [0.2, 0.25) is 0 Å². The van der Waals surface area contributed by atoms with Gasteiger partial charge < -0.3 is 16.9 Å². The lowest BCUT2D eigenvalue weighted by atomic mass is 10.0. The van der Waals surface area contributed by atoms with E-state index < -0.39 is 0 Å². The Labute approximate surface area is 171 Å². The van der Waals surface area contributed by atoms with Gasteiger partial charge in [0.05, 0.1) is 51.6 Å². The zero-order valence-corrected chi connectivity index (χ0v) is 16.7. The highest BCUT2D eigenvalue weighted by Gasteiger charge is 2.27. The fourth-order valence-corrected chi connectivity index (χ4v) is 3.89. The van der Waals surface area contributed by atoms with Crippen molar-refractivity contribution in [1.82, 2.24) is 0 Å². The maximum atomic E-state index is 6.21. The van der Waals surface area contributed by atoms with Crippen molar-refractivity contribution in [2.75, 3.05) is 11.5 Å². The van der Waals surface area contributed by atoms with E-state index in [2.05, 4.69) is 0 Å². The molecule has 0 atom stereocenters. The molecule has 0 saturated heterocycles. The van der Waals surface area contributed by atoms with Crippen LogP contribution in [0.3, 0.4) is 0 Å². The number of nitrogen functional groups attached to an aromatic ring is 2. The van der Waals surface area contributed by atoms with E-state index in [0.29, 0.717) is 0 Å². The van der Waals surface area contributed by atoms with Gasteiger partial charge in [-0.2, -0.15) is 0 Å². The second-order valence-corrected chi connectivity index (χ2v) is 7.11. The van der Waals surface area contributed by atoms with Gasteiger partial charge in [-0.1, -0.05) is 92.8 Å². The van der Waals surface area contributed by atoms with Gasteiger partial charge in [-0.15, -0.1) is 0 Å². The van der Waals surface area contributed by atoms with Crippen LogP contribution in [0.4, 0.5) is 11.4 Å². The van der Waals surface area contributed by atoms with Crippen molar-refractivity contribution >= 4 is 104 Å². The average Bonchev–Trinajstić information content (AvgIpc) is 2.50. The van der Waals surface area contributed by atoms with Crippen LogP contribution in [0, 0.1) is 0 Å². The van der Waals surface area contributed by atoms with E-state index in [1.807, 2.05) is 0 Å². The van der Waals surface area contributed by atoms with Gasteiger partial charge in [-0.25, -0.2) is 0 Å². The summed E-state index contributed by atoms with van der Waals surface area (Å²) in [4.78, 5) is 0. The summed E-state index contributed by atoms with van der Waals surface area (Å²) >= 11 is 48.9. The van der Waals surface area contributed by atoms with Crippen LogP contribution in [0.1, 0.15) is 0 Å². The second-order valence-electron chi connectivity index (χ2n) is 4.09. The molecule has 0 unspecified atom stereocenters. The lowest BCUT2D eigenvalue weighted by molar-refractivity contribution is 0.824. The van der Waals surface area contributed by atoms with Crippen molar-refractivity contribution in [2.24, 2.45) is 0 Å². The van der Waals surface area contributed by atoms with Gasteiger partial charge in [-0.05, 0) is 0 Å². The Morgan fingerprint density at radius 1 is 0.391 bits per heavy atom. The molecule has 0 heterocycles. The summed E-state index contributed by atoms with van der Waals surface area (Å²) in [5, 5.41) is 0.0550. The Bertz CT molecular complexity index is 683. The SMILES string of the molecule is Nc1c(Cl)c(Cl)c(-c2c(Cl)c(N)c(Cl)c(Cl)c2Cl)c(Cl)c1Cl.O. The van der Waals surface area contributed by atoms with E-state index in [1.165, 1.54) is 0 Å². The number of rotatable bonds is 1. The lowest BCUT2D eigenvalue weighted by Crippen LogP contribution is -1.97. The maximum absolute atomic E-state index is 6.21. The molecule has 0 aliphatic heterocycles. The first-order valence-corrected chi connectivity index (χ1v) is 8.36. The van der Waals surface area contributed by atoms with Crippen LogP contribution in [0.25, 0.3) is 11.1 Å². The minimum atomic E-state index is -0.00330. The fourth-order valence-electron chi connectivity index (χ4n) is 1.74. The van der Waals surface area contributed by atoms with E-state index in [4.69, 9.17) is 104 Å². The number of hydrogen-bond donors (Lipinski definition) is 2. The van der Waals surface area contributed by atoms with Crippen molar-refractivity contribution in [3.05, 3.63) is 40.2 Å². The first-order valence-electron chi connectivity index (χ1n) is 5.34. The average molecular weight is 478 g/mol. The van der Waals surface area contributed by atoms with Gasteiger partial charge in [0, 0.05) is 11.1 Å². The quantitative estimate of drug-likeness (QED) is 0.265. The molecule has 2 aromatic carbocycles. The van der Waals surface area contributed by atoms with E-state index in [1.54, 1.807) is 0 Å². The predicted molar refractivity (Wildman–Crippen MR) is 104 cm³/mol. The lowest BCUT2D eigenvalue weighted by Gasteiger charge is -2.18. The molecule has 6 N–H and O–H groups in total. The summed E-state index contributed by atoms with van der Waals surface area (Å²) in [5.41, 5.74) is 11.9. The van der Waals surface area contributed by atoms with Crippen LogP contribution in [-0.2, 0) is 0 Å². The minimum Gasteiger partial charge on any atom is -0.412 e. The van der Waals surface area contributed by atoms with Crippen LogP contribution in [0.2, 0.25) is 40.2 Å². The van der Waals surface area contributed by atoms with Crippen LogP contribution in [0.5, 0.6) is 0 Å². The first kappa shape index (κ1) is 21.4. The molecular weight excluding hydrogens is 472 g/mol. The summed E-state index contributed by atoms with van der Waals surface area (Å²) in [6.45, 7) is 0. The highest BCUT2D eigenvalue weighted by molar-refractivity contribution is 6.56. The number of anilines is 2. The molecule has 0 spiro atoms. The summed E-state index contributed by atoms with van der Waals surface area (Å²) in [6, 6.07) is 0. The smallest absolute Gasteiger partial charge is 0.0852 e. The third-order valence-electron chi connectivity index (χ3n) is 2.84. The van der Waals surface area contributed by atoms with Gasteiger partial charge in [-0.3, -0.25) is 0 Å². The summed E-state index contributed by atoms with van der Waals surface area (Å²) in [7, 11) is 0. The Morgan fingerprint density at radius 3 is 1.09 bits per heavy atom. The van der Waals surface area contributed by atoms with E-state index >= 15 is 0 Å². The molecule has 0 fully saturated rings. The zero-order valence-electron chi connectivity index (χ0n) is 10.7. The molecule has 0 aliphatic carbocycles. The Hall–Kier alpha value is 0.320. The molecule has 2 rings (SSSR count). The van der Waals surface area contributed by atoms with Crippen LogP contribution < -0.4 is 11.5 Å². The monoisotopic (exact) mass is 474 g/mol. The molecule has 23 heavy (non-hydrogen) atoms. The zero-order chi connectivity index (χ0) is 16.9. The van der Waals surface area contributed by atoms with Crippen molar-refractivity contribution in [2.45, 2.75) is 0 Å². The molecule has 0 amide bonds. The molecule has 126 valence electrons. The van der Waals surface area contributed by atoms with E-state index in [9.17, 15) is 0 Å². The van der Waals surface area contributed by atoms with E-state index in [0.717, 1.165) is 0 Å². The van der Waals surface area contributed by atoms with Crippen molar-refractivity contribution in [3.63, 3.8) is 0 Å². The third-order valence-corrected chi connectivity index (χ3v) is 6.31. The first-order chi connectivity index (χ1) is 10.1. The Kier molecular flexibility index (Phi) is 7.14. The molecule has 0 bridgehead atoms. The van der Waals surface area contributed by atoms with Gasteiger partial charge in [0.15, 0.2) is 0 Å². The summed E-state index contributed by atoms with van der Waals surface area (Å²) in [6.07, 6.45) is 0. The number of benzene rings is 2. The Balaban J connectivity index is 0.00000264. The normalized spacial score (nSPS) is 10.6. The second kappa shape index (κ2) is 7.69. The van der Waals surface area contributed by atoms with Gasteiger partial charge in [0.25, 0.3) is 0 Å². The fraction of sp³-hybridized carbons (Fsp3) is 0. The van der Waals surface area contributed by atoms with Crippen molar-refractivity contribution in [3.8, 4) is 11.1 Å². The minimum absolute atomic E-state index is 0. The molecule has 3 nitrogen and oxygen atoms in total. The number of hydrogen-bond acceptors (Lipinski definition) is 2. The molecule has 0 aromatic heterocycles. The van der Waals surface area contributed by atoms with Crippen LogP contribution in [-0.4, -0.2) is 5.48 Å². The van der Waals surface area contributed by atoms with Gasteiger partial charge >= 0.3 is 0 Å². The molecule has 2 aromatic rings. The molecule has 0 saturated carbocycles. The molecule has 11 heteroatoms. The topological polar surface area (TPSA) is 83.5 Å².